The lowest BCUT2D eigenvalue weighted by Crippen LogP contribution is -2.39. The van der Waals surface area contributed by atoms with Gasteiger partial charge in [0.05, 0.1) is 0 Å². The highest BCUT2D eigenvalue weighted by Gasteiger charge is 2.21. The summed E-state index contributed by atoms with van der Waals surface area (Å²) in [6, 6.07) is 0. The van der Waals surface area contributed by atoms with Gasteiger partial charge in [-0.2, -0.15) is 0 Å². The van der Waals surface area contributed by atoms with E-state index in [1.165, 1.54) is 45.3 Å². The van der Waals surface area contributed by atoms with Crippen molar-refractivity contribution in [3.8, 4) is 0 Å². The molecule has 0 saturated carbocycles. The Morgan fingerprint density at radius 3 is 2.71 bits per heavy atom. The quantitative estimate of drug-likeness (QED) is 0.672. The van der Waals surface area contributed by atoms with E-state index in [-0.39, 0.29) is 0 Å². The fourth-order valence-electron chi connectivity index (χ4n) is 2.75. The first-order chi connectivity index (χ1) is 6.84. The second-order valence-corrected chi connectivity index (χ2v) is 5.06. The molecule has 2 heteroatoms. The van der Waals surface area contributed by atoms with Gasteiger partial charge in [0.1, 0.15) is 0 Å². The average molecular weight is 197 g/mol. The van der Waals surface area contributed by atoms with Crippen LogP contribution >= 0.6 is 0 Å². The topological polar surface area (TPSA) is 12.5 Å². The molecule has 2 fully saturated rings. The molecule has 2 saturated heterocycles. The van der Waals surface area contributed by atoms with Crippen LogP contribution in [0.3, 0.4) is 0 Å². The van der Waals surface area contributed by atoms with E-state index in [0.717, 1.165) is 25.0 Å². The van der Waals surface area contributed by atoms with Crippen molar-refractivity contribution in [3.63, 3.8) is 0 Å². The molecule has 2 nitrogen and oxygen atoms in total. The summed E-state index contributed by atoms with van der Waals surface area (Å²) in [5.74, 6) is 1.83. The second kappa shape index (κ2) is 5.13. The van der Waals surface area contributed by atoms with Crippen LogP contribution in [0.15, 0.2) is 0 Å². The first-order valence-electron chi connectivity index (χ1n) is 6.14. The summed E-state index contributed by atoms with van der Waals surface area (Å²) in [6.45, 7) is 8.37. The molecule has 0 radical (unpaired) electrons. The third-order valence-corrected chi connectivity index (χ3v) is 3.60. The van der Waals surface area contributed by atoms with Gasteiger partial charge in [0.25, 0.3) is 0 Å². The Balaban J connectivity index is 1.72. The summed E-state index contributed by atoms with van der Waals surface area (Å²) >= 11 is 0. The van der Waals surface area contributed by atoms with E-state index in [1.54, 1.807) is 0 Å². The molecule has 0 aliphatic carbocycles. The van der Waals surface area contributed by atoms with Crippen molar-refractivity contribution in [2.75, 3.05) is 32.8 Å². The van der Waals surface area contributed by atoms with Gasteiger partial charge >= 0.3 is 0 Å². The Morgan fingerprint density at radius 1 is 1.21 bits per heavy atom. The van der Waals surface area contributed by atoms with E-state index in [0.29, 0.717) is 0 Å². The van der Waals surface area contributed by atoms with E-state index >= 15 is 0 Å². The Bertz CT molecular complexity index is 166. The highest BCUT2D eigenvalue weighted by molar-refractivity contribution is 4.74. The summed E-state index contributed by atoms with van der Waals surface area (Å²) in [5, 5.41) is 0. The smallest absolute Gasteiger partial charge is 0.0469 e. The van der Waals surface area contributed by atoms with Gasteiger partial charge in [-0.05, 0) is 44.1 Å². The van der Waals surface area contributed by atoms with Crippen LogP contribution in [0.5, 0.6) is 0 Å². The molecule has 0 aromatic rings. The van der Waals surface area contributed by atoms with Crippen LogP contribution in [0, 0.1) is 11.8 Å². The summed E-state index contributed by atoms with van der Waals surface area (Å²) in [4.78, 5) is 2.67. The van der Waals surface area contributed by atoms with Gasteiger partial charge in [-0.1, -0.05) is 6.92 Å². The molecule has 0 aromatic carbocycles. The maximum atomic E-state index is 5.39. The molecule has 0 bridgehead atoms. The van der Waals surface area contributed by atoms with Crippen molar-refractivity contribution < 1.29 is 4.74 Å². The summed E-state index contributed by atoms with van der Waals surface area (Å²) in [6.07, 6.45) is 5.41. The number of rotatable bonds is 2. The zero-order chi connectivity index (χ0) is 9.80. The Kier molecular flexibility index (Phi) is 3.82. The normalized spacial score (nSPS) is 31.9. The third kappa shape index (κ3) is 2.96. The molecule has 0 aromatic heterocycles. The molecular formula is C12H23NO. The molecule has 1 atom stereocenters. The van der Waals surface area contributed by atoms with Gasteiger partial charge in [-0.25, -0.2) is 0 Å². The van der Waals surface area contributed by atoms with Crippen LogP contribution in [-0.4, -0.2) is 37.7 Å². The van der Waals surface area contributed by atoms with Crippen LogP contribution in [0.25, 0.3) is 0 Å². The van der Waals surface area contributed by atoms with E-state index < -0.39 is 0 Å². The van der Waals surface area contributed by atoms with Gasteiger partial charge in [0.2, 0.25) is 0 Å². The SMILES string of the molecule is C[C@@H]1CCCN(CC2CCOCC2)C1. The molecule has 2 heterocycles. The summed E-state index contributed by atoms with van der Waals surface area (Å²) in [7, 11) is 0. The van der Waals surface area contributed by atoms with E-state index in [2.05, 4.69) is 11.8 Å². The monoisotopic (exact) mass is 197 g/mol. The molecule has 0 unspecified atom stereocenters. The van der Waals surface area contributed by atoms with E-state index in [1.807, 2.05) is 0 Å². The van der Waals surface area contributed by atoms with Crippen molar-refractivity contribution in [1.82, 2.24) is 4.90 Å². The van der Waals surface area contributed by atoms with Crippen LogP contribution in [-0.2, 0) is 4.74 Å². The maximum absolute atomic E-state index is 5.39. The average Bonchev–Trinajstić information content (AvgIpc) is 2.19. The van der Waals surface area contributed by atoms with Crippen molar-refractivity contribution in [2.45, 2.75) is 32.6 Å². The minimum atomic E-state index is 0.911. The Morgan fingerprint density at radius 2 is 2.00 bits per heavy atom. The van der Waals surface area contributed by atoms with Gasteiger partial charge in [-0.3, -0.25) is 0 Å². The van der Waals surface area contributed by atoms with Gasteiger partial charge in [0.15, 0.2) is 0 Å². The molecular weight excluding hydrogens is 174 g/mol. The van der Waals surface area contributed by atoms with Crippen LogP contribution < -0.4 is 0 Å². The molecule has 2 rings (SSSR count). The summed E-state index contributed by atoms with van der Waals surface area (Å²) in [5.41, 5.74) is 0. The molecule has 82 valence electrons. The van der Waals surface area contributed by atoms with E-state index in [9.17, 15) is 0 Å². The first-order valence-corrected chi connectivity index (χ1v) is 6.14. The minimum Gasteiger partial charge on any atom is -0.381 e. The molecule has 2 aliphatic heterocycles. The summed E-state index contributed by atoms with van der Waals surface area (Å²) < 4.78 is 5.39. The highest BCUT2D eigenvalue weighted by atomic mass is 16.5. The number of ether oxygens (including phenoxy) is 1. The second-order valence-electron chi connectivity index (χ2n) is 5.06. The molecule has 0 N–H and O–H groups in total. The maximum Gasteiger partial charge on any atom is 0.0469 e. The number of hydrogen-bond donors (Lipinski definition) is 0. The number of piperidine rings is 1. The zero-order valence-electron chi connectivity index (χ0n) is 9.37. The number of likely N-dealkylation sites (tertiary alicyclic amines) is 1. The standard InChI is InChI=1S/C12H23NO/c1-11-3-2-6-13(9-11)10-12-4-7-14-8-5-12/h11-12H,2-10H2,1H3/t11-/m1/s1. The Hall–Kier alpha value is -0.0800. The zero-order valence-corrected chi connectivity index (χ0v) is 9.37. The fourth-order valence-corrected chi connectivity index (χ4v) is 2.75. The first kappa shape index (κ1) is 10.4. The fraction of sp³-hybridized carbons (Fsp3) is 1.00. The molecule has 0 amide bonds. The van der Waals surface area contributed by atoms with Crippen molar-refractivity contribution in [2.24, 2.45) is 11.8 Å². The predicted octanol–water partition coefficient (Wildman–Crippen LogP) is 2.14. The van der Waals surface area contributed by atoms with Gasteiger partial charge < -0.3 is 9.64 Å². The largest absolute Gasteiger partial charge is 0.381 e. The lowest BCUT2D eigenvalue weighted by Gasteiger charge is -2.34. The lowest BCUT2D eigenvalue weighted by molar-refractivity contribution is 0.0461. The van der Waals surface area contributed by atoms with Crippen molar-refractivity contribution in [3.05, 3.63) is 0 Å². The van der Waals surface area contributed by atoms with Crippen LogP contribution in [0.1, 0.15) is 32.6 Å². The highest BCUT2D eigenvalue weighted by Crippen LogP contribution is 2.20. The van der Waals surface area contributed by atoms with Crippen LogP contribution in [0.2, 0.25) is 0 Å². The van der Waals surface area contributed by atoms with Gasteiger partial charge in [-0.15, -0.1) is 0 Å². The molecule has 14 heavy (non-hydrogen) atoms. The van der Waals surface area contributed by atoms with Gasteiger partial charge in [0, 0.05) is 26.3 Å². The van der Waals surface area contributed by atoms with Crippen molar-refractivity contribution in [1.29, 1.82) is 0 Å². The number of hydrogen-bond acceptors (Lipinski definition) is 2. The Labute approximate surface area is 87.6 Å². The minimum absolute atomic E-state index is 0.911. The van der Waals surface area contributed by atoms with Crippen molar-refractivity contribution >= 4 is 0 Å². The molecule has 2 aliphatic rings. The number of nitrogens with zero attached hydrogens (tertiary/aromatic N) is 1. The van der Waals surface area contributed by atoms with Crippen LogP contribution in [0.4, 0.5) is 0 Å². The lowest BCUT2D eigenvalue weighted by atomic mass is 9.95. The predicted molar refractivity (Wildman–Crippen MR) is 58.4 cm³/mol. The molecule has 0 spiro atoms. The van der Waals surface area contributed by atoms with E-state index in [4.69, 9.17) is 4.74 Å². The third-order valence-electron chi connectivity index (χ3n) is 3.60.